The molecule has 0 spiro atoms. The quantitative estimate of drug-likeness (QED) is 0.687. The second-order valence-electron chi connectivity index (χ2n) is 4.63. The zero-order valence-corrected chi connectivity index (χ0v) is 10.3. The van der Waals surface area contributed by atoms with Gasteiger partial charge in [-0.05, 0) is 23.1 Å². The van der Waals surface area contributed by atoms with Crippen LogP contribution in [0.3, 0.4) is 0 Å². The Labute approximate surface area is 108 Å². The van der Waals surface area contributed by atoms with Gasteiger partial charge in [0.15, 0.2) is 0 Å². The molecule has 0 saturated carbocycles. The third-order valence-electron chi connectivity index (χ3n) is 3.41. The molecule has 0 heterocycles. The Bertz CT molecular complexity index is 547. The van der Waals surface area contributed by atoms with Crippen molar-refractivity contribution in [3.63, 3.8) is 0 Å². The van der Waals surface area contributed by atoms with Crippen molar-refractivity contribution in [3.8, 4) is 0 Å². The molecule has 0 radical (unpaired) electrons. The van der Waals surface area contributed by atoms with Gasteiger partial charge in [0.05, 0.1) is 0 Å². The van der Waals surface area contributed by atoms with Crippen LogP contribution in [-0.2, 0) is 0 Å². The van der Waals surface area contributed by atoms with E-state index in [-0.39, 0.29) is 0 Å². The molecule has 0 bridgehead atoms. The first-order valence-electron chi connectivity index (χ1n) is 6.41. The summed E-state index contributed by atoms with van der Waals surface area (Å²) in [6.07, 6.45) is 20.4. The second-order valence-corrected chi connectivity index (χ2v) is 4.63. The first-order valence-corrected chi connectivity index (χ1v) is 6.41. The van der Waals surface area contributed by atoms with Gasteiger partial charge in [-0.3, -0.25) is 0 Å². The van der Waals surface area contributed by atoms with E-state index in [2.05, 4.69) is 78.9 Å². The SMILES string of the molecule is C1=CC=CC(c2ccc(C3=CC=CC3)cc2)C=C1. The van der Waals surface area contributed by atoms with Gasteiger partial charge in [-0.15, -0.1) is 0 Å². The van der Waals surface area contributed by atoms with Crippen LogP contribution in [0.5, 0.6) is 0 Å². The van der Waals surface area contributed by atoms with Gasteiger partial charge < -0.3 is 0 Å². The highest BCUT2D eigenvalue weighted by Crippen LogP contribution is 2.26. The lowest BCUT2D eigenvalue weighted by Crippen LogP contribution is -1.91. The van der Waals surface area contributed by atoms with E-state index in [9.17, 15) is 0 Å². The first kappa shape index (κ1) is 11.0. The standard InChI is InChI=1S/C18H16/c1-2-4-8-15(7-3-1)17-11-13-18(14-12-17)16-9-5-6-10-16/h1-9,11-15H,10H2. The van der Waals surface area contributed by atoms with Crippen molar-refractivity contribution in [2.24, 2.45) is 0 Å². The van der Waals surface area contributed by atoms with Crippen molar-refractivity contribution in [3.05, 3.63) is 90.1 Å². The normalized spacial score (nSPS) is 18.1. The number of rotatable bonds is 2. The fourth-order valence-electron chi connectivity index (χ4n) is 2.36. The monoisotopic (exact) mass is 232 g/mol. The maximum Gasteiger partial charge on any atom is 0.0204 e. The van der Waals surface area contributed by atoms with Crippen LogP contribution in [0.25, 0.3) is 5.57 Å². The number of benzene rings is 1. The van der Waals surface area contributed by atoms with Gasteiger partial charge in [0, 0.05) is 5.92 Å². The van der Waals surface area contributed by atoms with E-state index in [1.807, 2.05) is 0 Å². The molecule has 2 aliphatic carbocycles. The average molecular weight is 232 g/mol. The van der Waals surface area contributed by atoms with E-state index in [1.54, 1.807) is 0 Å². The highest BCUT2D eigenvalue weighted by Gasteiger charge is 2.07. The molecule has 0 unspecified atom stereocenters. The summed E-state index contributed by atoms with van der Waals surface area (Å²) in [6.45, 7) is 0. The molecule has 18 heavy (non-hydrogen) atoms. The van der Waals surface area contributed by atoms with Crippen molar-refractivity contribution in [1.82, 2.24) is 0 Å². The summed E-state index contributed by atoms with van der Waals surface area (Å²) in [5.41, 5.74) is 4.10. The summed E-state index contributed by atoms with van der Waals surface area (Å²) in [5, 5.41) is 0. The fourth-order valence-corrected chi connectivity index (χ4v) is 2.36. The van der Waals surface area contributed by atoms with Crippen molar-refractivity contribution in [1.29, 1.82) is 0 Å². The number of hydrogen-bond acceptors (Lipinski definition) is 0. The van der Waals surface area contributed by atoms with Crippen LogP contribution in [0.2, 0.25) is 0 Å². The van der Waals surface area contributed by atoms with Crippen molar-refractivity contribution in [2.75, 3.05) is 0 Å². The summed E-state index contributed by atoms with van der Waals surface area (Å²) < 4.78 is 0. The lowest BCUT2D eigenvalue weighted by molar-refractivity contribution is 1.08. The molecule has 0 fully saturated rings. The Hall–Kier alpha value is -2.08. The Kier molecular flexibility index (Phi) is 3.10. The molecule has 0 heteroatoms. The molecule has 2 aliphatic rings. The zero-order valence-electron chi connectivity index (χ0n) is 10.3. The van der Waals surface area contributed by atoms with Crippen LogP contribution in [0.1, 0.15) is 23.5 Å². The van der Waals surface area contributed by atoms with Gasteiger partial charge in [-0.1, -0.05) is 78.9 Å². The van der Waals surface area contributed by atoms with Crippen LogP contribution in [-0.4, -0.2) is 0 Å². The van der Waals surface area contributed by atoms with Gasteiger partial charge in [-0.2, -0.15) is 0 Å². The Morgan fingerprint density at radius 2 is 1.50 bits per heavy atom. The lowest BCUT2D eigenvalue weighted by Gasteiger charge is -2.09. The van der Waals surface area contributed by atoms with Gasteiger partial charge in [-0.25, -0.2) is 0 Å². The summed E-state index contributed by atoms with van der Waals surface area (Å²) in [5.74, 6) is 0.393. The molecule has 3 rings (SSSR count). The van der Waals surface area contributed by atoms with Crippen LogP contribution in [0.4, 0.5) is 0 Å². The maximum atomic E-state index is 2.24. The topological polar surface area (TPSA) is 0 Å². The second kappa shape index (κ2) is 5.05. The summed E-state index contributed by atoms with van der Waals surface area (Å²) in [4.78, 5) is 0. The third-order valence-corrected chi connectivity index (χ3v) is 3.41. The molecule has 0 amide bonds. The molecule has 0 aliphatic heterocycles. The predicted octanol–water partition coefficient (Wildman–Crippen LogP) is 4.80. The molecule has 1 aromatic rings. The predicted molar refractivity (Wildman–Crippen MR) is 78.3 cm³/mol. The summed E-state index contributed by atoms with van der Waals surface area (Å²) in [6, 6.07) is 8.93. The van der Waals surface area contributed by atoms with E-state index in [0.29, 0.717) is 5.92 Å². The average Bonchev–Trinajstić information content (AvgIpc) is 2.82. The molecule has 88 valence electrons. The third kappa shape index (κ3) is 2.28. The van der Waals surface area contributed by atoms with Crippen LogP contribution >= 0.6 is 0 Å². The number of hydrogen-bond donors (Lipinski definition) is 0. The van der Waals surface area contributed by atoms with Crippen LogP contribution in [0, 0.1) is 0 Å². The molecule has 0 N–H and O–H groups in total. The molecule has 0 nitrogen and oxygen atoms in total. The van der Waals surface area contributed by atoms with Crippen molar-refractivity contribution >= 4 is 5.57 Å². The highest BCUT2D eigenvalue weighted by atomic mass is 14.1. The van der Waals surface area contributed by atoms with E-state index in [1.165, 1.54) is 16.7 Å². The minimum atomic E-state index is 0.393. The fraction of sp³-hybridized carbons (Fsp3) is 0.111. The molecular formula is C18H16. The van der Waals surface area contributed by atoms with Crippen molar-refractivity contribution < 1.29 is 0 Å². The summed E-state index contributed by atoms with van der Waals surface area (Å²) in [7, 11) is 0. The zero-order chi connectivity index (χ0) is 12.2. The number of allylic oxidation sites excluding steroid dienone is 10. The van der Waals surface area contributed by atoms with Gasteiger partial charge >= 0.3 is 0 Å². The molecule has 0 saturated heterocycles. The Morgan fingerprint density at radius 1 is 0.778 bits per heavy atom. The molecule has 0 aromatic heterocycles. The van der Waals surface area contributed by atoms with Gasteiger partial charge in [0.1, 0.15) is 0 Å². The largest absolute Gasteiger partial charge is 0.0801 e. The molecular weight excluding hydrogens is 216 g/mol. The lowest BCUT2D eigenvalue weighted by atomic mass is 9.95. The van der Waals surface area contributed by atoms with E-state index >= 15 is 0 Å². The minimum Gasteiger partial charge on any atom is -0.0801 e. The maximum absolute atomic E-state index is 2.24. The van der Waals surface area contributed by atoms with Crippen LogP contribution in [0.15, 0.2) is 78.9 Å². The van der Waals surface area contributed by atoms with E-state index < -0.39 is 0 Å². The van der Waals surface area contributed by atoms with E-state index in [0.717, 1.165) is 6.42 Å². The smallest absolute Gasteiger partial charge is 0.0204 e. The van der Waals surface area contributed by atoms with E-state index in [4.69, 9.17) is 0 Å². The Morgan fingerprint density at radius 3 is 2.11 bits per heavy atom. The van der Waals surface area contributed by atoms with Crippen molar-refractivity contribution in [2.45, 2.75) is 12.3 Å². The summed E-state index contributed by atoms with van der Waals surface area (Å²) >= 11 is 0. The minimum absolute atomic E-state index is 0.393. The highest BCUT2D eigenvalue weighted by molar-refractivity contribution is 5.71. The van der Waals surface area contributed by atoms with Gasteiger partial charge in [0.25, 0.3) is 0 Å². The van der Waals surface area contributed by atoms with Crippen LogP contribution < -0.4 is 0 Å². The Balaban J connectivity index is 1.82. The van der Waals surface area contributed by atoms with Gasteiger partial charge in [0.2, 0.25) is 0 Å². The first-order chi connectivity index (χ1) is 8.93. The molecule has 1 aromatic carbocycles. The molecule has 0 atom stereocenters.